The number of hydrogen-bond donors (Lipinski definition) is 0. The number of carbonyl (C=O) groups excluding carboxylic acids is 1. The van der Waals surface area contributed by atoms with Crippen LogP contribution < -0.4 is 4.74 Å². The molecule has 1 amide bonds. The first-order valence-electron chi connectivity index (χ1n) is 7.54. The van der Waals surface area contributed by atoms with Gasteiger partial charge in [0, 0.05) is 18.7 Å². The fraction of sp³-hybridized carbons (Fsp3) is 0.562. The molecule has 1 saturated heterocycles. The summed E-state index contributed by atoms with van der Waals surface area (Å²) in [6, 6.07) is 4.53. The molecule has 0 aliphatic carbocycles. The Labute approximate surface area is 134 Å². The van der Waals surface area contributed by atoms with Gasteiger partial charge >= 0.3 is 6.18 Å². The Morgan fingerprint density at radius 3 is 2.43 bits per heavy atom. The van der Waals surface area contributed by atoms with Crippen molar-refractivity contribution in [2.75, 3.05) is 32.9 Å². The van der Waals surface area contributed by atoms with Crippen LogP contribution in [0.4, 0.5) is 13.2 Å². The number of rotatable bonds is 3. The Balaban J connectivity index is 0.00000127. The quantitative estimate of drug-likeness (QED) is 0.851. The summed E-state index contributed by atoms with van der Waals surface area (Å²) in [5.41, 5.74) is 0.873. The van der Waals surface area contributed by atoms with Gasteiger partial charge in [0.25, 0.3) is 5.91 Å². The molecular formula is C16H22F3NO3. The molecule has 1 aliphatic rings. The van der Waals surface area contributed by atoms with Gasteiger partial charge in [0.05, 0.1) is 13.2 Å². The number of hydrogen-bond acceptors (Lipinski definition) is 3. The molecular weight excluding hydrogens is 311 g/mol. The summed E-state index contributed by atoms with van der Waals surface area (Å²) < 4.78 is 46.5. The van der Waals surface area contributed by atoms with Gasteiger partial charge in [-0.25, -0.2) is 0 Å². The van der Waals surface area contributed by atoms with E-state index in [2.05, 4.69) is 0 Å². The van der Waals surface area contributed by atoms with Crippen molar-refractivity contribution in [3.05, 3.63) is 29.3 Å². The number of amides is 1. The van der Waals surface area contributed by atoms with Gasteiger partial charge in [-0.15, -0.1) is 0 Å². The van der Waals surface area contributed by atoms with Gasteiger partial charge in [0.15, 0.2) is 6.61 Å². The molecule has 0 radical (unpaired) electrons. The fourth-order valence-electron chi connectivity index (χ4n) is 2.00. The zero-order valence-electron chi connectivity index (χ0n) is 13.6. The lowest BCUT2D eigenvalue weighted by Crippen LogP contribution is -2.40. The Bertz CT molecular complexity index is 512. The number of carbonyl (C=O) groups is 1. The number of morpholine rings is 1. The van der Waals surface area contributed by atoms with Crippen molar-refractivity contribution < 1.29 is 27.4 Å². The van der Waals surface area contributed by atoms with Crippen molar-refractivity contribution in [3.63, 3.8) is 0 Å². The standard InChI is InChI=1S/C14H16F3NO3.C2H6/c1-10-2-3-11(8-12(10)21-9-14(15,16)17)13(19)18-4-6-20-7-5-18;1-2/h2-3,8H,4-7,9H2,1H3;1-2H3. The Hall–Kier alpha value is -1.76. The summed E-state index contributed by atoms with van der Waals surface area (Å²) in [5.74, 6) is -0.151. The van der Waals surface area contributed by atoms with Gasteiger partial charge in [-0.2, -0.15) is 13.2 Å². The van der Waals surface area contributed by atoms with E-state index in [1.165, 1.54) is 6.07 Å². The van der Waals surface area contributed by atoms with Crippen LogP contribution in [0.5, 0.6) is 5.75 Å². The molecule has 1 fully saturated rings. The monoisotopic (exact) mass is 333 g/mol. The van der Waals surface area contributed by atoms with Crippen LogP contribution in [-0.2, 0) is 4.74 Å². The molecule has 1 heterocycles. The van der Waals surface area contributed by atoms with Crippen LogP contribution in [-0.4, -0.2) is 49.9 Å². The van der Waals surface area contributed by atoms with E-state index in [1.54, 1.807) is 24.0 Å². The van der Waals surface area contributed by atoms with E-state index in [-0.39, 0.29) is 11.7 Å². The van der Waals surface area contributed by atoms with Gasteiger partial charge in [0.2, 0.25) is 0 Å². The first kappa shape index (κ1) is 19.3. The topological polar surface area (TPSA) is 38.8 Å². The van der Waals surface area contributed by atoms with Gasteiger partial charge in [0.1, 0.15) is 5.75 Å². The van der Waals surface area contributed by atoms with Gasteiger partial charge in [-0.05, 0) is 24.6 Å². The minimum absolute atomic E-state index is 0.0754. The van der Waals surface area contributed by atoms with Gasteiger partial charge in [-0.3, -0.25) is 4.79 Å². The highest BCUT2D eigenvalue weighted by Gasteiger charge is 2.29. The highest BCUT2D eigenvalue weighted by Crippen LogP contribution is 2.24. The highest BCUT2D eigenvalue weighted by atomic mass is 19.4. The summed E-state index contributed by atoms with van der Waals surface area (Å²) in [6.07, 6.45) is -4.41. The summed E-state index contributed by atoms with van der Waals surface area (Å²) in [7, 11) is 0. The molecule has 0 bridgehead atoms. The third-order valence-corrected chi connectivity index (χ3v) is 3.12. The molecule has 0 aromatic heterocycles. The molecule has 4 nitrogen and oxygen atoms in total. The molecule has 0 N–H and O–H groups in total. The molecule has 130 valence electrons. The first-order valence-corrected chi connectivity index (χ1v) is 7.54. The average molecular weight is 333 g/mol. The molecule has 0 saturated carbocycles. The largest absolute Gasteiger partial charge is 0.484 e. The molecule has 1 aromatic rings. The lowest BCUT2D eigenvalue weighted by molar-refractivity contribution is -0.153. The SMILES string of the molecule is CC.Cc1ccc(C(=O)N2CCOCC2)cc1OCC(F)(F)F. The summed E-state index contributed by atoms with van der Waals surface area (Å²) >= 11 is 0. The number of halogens is 3. The molecule has 0 unspecified atom stereocenters. The number of aryl methyl sites for hydroxylation is 1. The first-order chi connectivity index (χ1) is 10.9. The smallest absolute Gasteiger partial charge is 0.422 e. The van der Waals surface area contributed by atoms with Crippen molar-refractivity contribution in [3.8, 4) is 5.75 Å². The van der Waals surface area contributed by atoms with Crippen LogP contribution in [0.15, 0.2) is 18.2 Å². The van der Waals surface area contributed by atoms with Crippen LogP contribution in [0, 0.1) is 6.92 Å². The Kier molecular flexibility index (Phi) is 7.35. The molecule has 2 rings (SSSR count). The van der Waals surface area contributed by atoms with Crippen LogP contribution in [0.3, 0.4) is 0 Å². The van der Waals surface area contributed by atoms with Crippen molar-refractivity contribution in [1.29, 1.82) is 0 Å². The molecule has 23 heavy (non-hydrogen) atoms. The maximum atomic E-state index is 12.3. The van der Waals surface area contributed by atoms with E-state index in [0.717, 1.165) is 0 Å². The lowest BCUT2D eigenvalue weighted by Gasteiger charge is -2.27. The Morgan fingerprint density at radius 1 is 1.26 bits per heavy atom. The molecule has 1 aliphatic heterocycles. The minimum Gasteiger partial charge on any atom is -0.484 e. The minimum atomic E-state index is -4.41. The van der Waals surface area contributed by atoms with E-state index in [4.69, 9.17) is 9.47 Å². The van der Waals surface area contributed by atoms with E-state index >= 15 is 0 Å². The van der Waals surface area contributed by atoms with E-state index in [1.807, 2.05) is 13.8 Å². The van der Waals surface area contributed by atoms with Gasteiger partial charge < -0.3 is 14.4 Å². The second kappa shape index (κ2) is 8.76. The van der Waals surface area contributed by atoms with Crippen LogP contribution in [0.25, 0.3) is 0 Å². The zero-order valence-corrected chi connectivity index (χ0v) is 13.6. The van der Waals surface area contributed by atoms with E-state index in [0.29, 0.717) is 37.4 Å². The molecule has 0 spiro atoms. The average Bonchev–Trinajstić information content (AvgIpc) is 2.55. The molecule has 7 heteroatoms. The molecule has 1 aromatic carbocycles. The predicted molar refractivity (Wildman–Crippen MR) is 80.8 cm³/mol. The maximum Gasteiger partial charge on any atom is 0.422 e. The van der Waals surface area contributed by atoms with Crippen molar-refractivity contribution >= 4 is 5.91 Å². The van der Waals surface area contributed by atoms with Crippen molar-refractivity contribution in [1.82, 2.24) is 4.90 Å². The van der Waals surface area contributed by atoms with Gasteiger partial charge in [-0.1, -0.05) is 19.9 Å². The third kappa shape index (κ3) is 6.09. The summed E-state index contributed by atoms with van der Waals surface area (Å²) in [6.45, 7) is 6.15. The number of benzene rings is 1. The lowest BCUT2D eigenvalue weighted by atomic mass is 10.1. The third-order valence-electron chi connectivity index (χ3n) is 3.12. The normalized spacial score (nSPS) is 14.8. The maximum absolute atomic E-state index is 12.3. The summed E-state index contributed by atoms with van der Waals surface area (Å²) in [5, 5.41) is 0. The Morgan fingerprint density at radius 2 is 1.87 bits per heavy atom. The van der Waals surface area contributed by atoms with Crippen LogP contribution >= 0.6 is 0 Å². The second-order valence-corrected chi connectivity index (χ2v) is 4.79. The van der Waals surface area contributed by atoms with Crippen LogP contribution in [0.1, 0.15) is 29.8 Å². The van der Waals surface area contributed by atoms with Crippen LogP contribution in [0.2, 0.25) is 0 Å². The summed E-state index contributed by atoms with van der Waals surface area (Å²) in [4.78, 5) is 13.9. The van der Waals surface area contributed by atoms with E-state index < -0.39 is 12.8 Å². The highest BCUT2D eigenvalue weighted by molar-refractivity contribution is 5.94. The van der Waals surface area contributed by atoms with Crippen molar-refractivity contribution in [2.45, 2.75) is 26.9 Å². The number of nitrogens with zero attached hydrogens (tertiary/aromatic N) is 1. The van der Waals surface area contributed by atoms with E-state index in [9.17, 15) is 18.0 Å². The second-order valence-electron chi connectivity index (χ2n) is 4.79. The predicted octanol–water partition coefficient (Wildman–Crippen LogP) is 3.43. The van der Waals surface area contributed by atoms with Crippen molar-refractivity contribution in [2.24, 2.45) is 0 Å². The fourth-order valence-corrected chi connectivity index (χ4v) is 2.00. The number of ether oxygens (including phenoxy) is 2. The molecule has 0 atom stereocenters. The zero-order chi connectivity index (χ0) is 17.5. The number of alkyl halides is 3.